The second-order valence-electron chi connectivity index (χ2n) is 7.91. The van der Waals surface area contributed by atoms with Gasteiger partial charge in [-0.1, -0.05) is 13.8 Å². The van der Waals surface area contributed by atoms with Gasteiger partial charge in [-0.05, 0) is 30.0 Å². The molecule has 0 saturated heterocycles. The molecule has 3 rings (SSSR count). The number of ether oxygens (including phenoxy) is 3. The molecule has 10 nitrogen and oxygen atoms in total. The van der Waals surface area contributed by atoms with Crippen LogP contribution < -0.4 is 14.9 Å². The van der Waals surface area contributed by atoms with Crippen molar-refractivity contribution in [1.82, 2.24) is 4.57 Å². The molecule has 0 saturated carbocycles. The number of carboxylic acid groups (broad SMARTS) is 1. The Morgan fingerprint density at radius 1 is 1.28 bits per heavy atom. The van der Waals surface area contributed by atoms with E-state index in [1.807, 2.05) is 13.8 Å². The maximum atomic E-state index is 12.7. The summed E-state index contributed by atoms with van der Waals surface area (Å²) in [5.41, 5.74) is -1.22. The van der Waals surface area contributed by atoms with E-state index in [2.05, 4.69) is 0 Å². The van der Waals surface area contributed by atoms with Crippen LogP contribution in [0.3, 0.4) is 0 Å². The summed E-state index contributed by atoms with van der Waals surface area (Å²) < 4.78 is 17.9. The van der Waals surface area contributed by atoms with E-state index < -0.39 is 27.6 Å². The molecule has 2 heterocycles. The molecular formula is C22H26N2O8. The van der Waals surface area contributed by atoms with Gasteiger partial charge >= 0.3 is 11.7 Å². The topological polar surface area (TPSA) is 130 Å². The molecule has 172 valence electrons. The molecule has 32 heavy (non-hydrogen) atoms. The van der Waals surface area contributed by atoms with Gasteiger partial charge in [-0.2, -0.15) is 0 Å². The average molecular weight is 446 g/mol. The van der Waals surface area contributed by atoms with Crippen molar-refractivity contribution >= 4 is 11.7 Å². The third-order valence-corrected chi connectivity index (χ3v) is 5.57. The van der Waals surface area contributed by atoms with Crippen LogP contribution in [0.15, 0.2) is 23.1 Å². The second kappa shape index (κ2) is 9.39. The van der Waals surface area contributed by atoms with Crippen LogP contribution in [0.1, 0.15) is 42.2 Å². The normalized spacial score (nSPS) is 14.6. The zero-order valence-corrected chi connectivity index (χ0v) is 18.4. The largest absolute Gasteiger partial charge is 0.493 e. The van der Waals surface area contributed by atoms with E-state index in [9.17, 15) is 24.8 Å². The van der Waals surface area contributed by atoms with Crippen molar-refractivity contribution in [3.63, 3.8) is 0 Å². The lowest BCUT2D eigenvalue weighted by atomic mass is 9.86. The first-order valence-electron chi connectivity index (χ1n) is 10.2. The number of rotatable bonds is 9. The van der Waals surface area contributed by atoms with Crippen molar-refractivity contribution in [2.24, 2.45) is 5.92 Å². The van der Waals surface area contributed by atoms with E-state index in [1.165, 1.54) is 13.3 Å². The fraction of sp³-hybridized carbons (Fsp3) is 0.455. The number of fused-ring (bicyclic) bond motifs is 3. The molecule has 1 N–H and O–H groups in total. The van der Waals surface area contributed by atoms with Crippen LogP contribution >= 0.6 is 0 Å². The summed E-state index contributed by atoms with van der Waals surface area (Å²) in [6, 6.07) is 3.10. The first kappa shape index (κ1) is 23.3. The molecule has 1 atom stereocenters. The minimum atomic E-state index is -1.50. The molecule has 0 aliphatic carbocycles. The second-order valence-corrected chi connectivity index (χ2v) is 7.91. The molecule has 0 bridgehead atoms. The van der Waals surface area contributed by atoms with Crippen LogP contribution in [0.2, 0.25) is 0 Å². The Kier molecular flexibility index (Phi) is 6.83. The monoisotopic (exact) mass is 446 g/mol. The van der Waals surface area contributed by atoms with Crippen LogP contribution in [0.4, 0.5) is 5.69 Å². The van der Waals surface area contributed by atoms with Gasteiger partial charge in [0.1, 0.15) is 11.3 Å². The highest BCUT2D eigenvalue weighted by Gasteiger charge is 2.36. The number of hydrogen-bond donors (Lipinski definition) is 1. The predicted molar refractivity (Wildman–Crippen MR) is 116 cm³/mol. The number of nitrogens with zero attached hydrogens (tertiary/aromatic N) is 2. The smallest absolute Gasteiger partial charge is 0.341 e. The Morgan fingerprint density at radius 2 is 2.00 bits per heavy atom. The van der Waals surface area contributed by atoms with E-state index in [1.54, 1.807) is 23.8 Å². The van der Waals surface area contributed by atoms with Crippen molar-refractivity contribution in [2.75, 3.05) is 27.4 Å². The number of carboxylic acids is 1. The highest BCUT2D eigenvalue weighted by Crippen LogP contribution is 2.45. The summed E-state index contributed by atoms with van der Waals surface area (Å²) in [4.78, 5) is 35.4. The third-order valence-electron chi connectivity index (χ3n) is 5.57. The number of aromatic nitrogens is 1. The standard InChI is InChI=1S/C22H26N2O8/c1-12(2)16-8-13-9-18(32-7-5-6-30-3)17(31-4)10-14(13)19-20(24(28)29)21(25)15(22(26)27)11-23(16)19/h9-12,16H,5-8H2,1-4H3,(H,26,27). The zero-order valence-electron chi connectivity index (χ0n) is 18.4. The zero-order chi connectivity index (χ0) is 23.6. The Labute approximate surface area is 184 Å². The fourth-order valence-corrected chi connectivity index (χ4v) is 4.00. The van der Waals surface area contributed by atoms with E-state index in [0.29, 0.717) is 43.1 Å². The highest BCUT2D eigenvalue weighted by atomic mass is 16.6. The van der Waals surface area contributed by atoms with Gasteiger partial charge in [0, 0.05) is 37.9 Å². The molecule has 0 spiro atoms. The molecule has 1 aliphatic heterocycles. The molecule has 0 radical (unpaired) electrons. The average Bonchev–Trinajstić information content (AvgIpc) is 2.74. The molecule has 1 unspecified atom stereocenters. The van der Waals surface area contributed by atoms with Crippen LogP contribution in [0.25, 0.3) is 11.3 Å². The van der Waals surface area contributed by atoms with Crippen LogP contribution in [-0.4, -0.2) is 48.0 Å². The summed E-state index contributed by atoms with van der Waals surface area (Å²) >= 11 is 0. The number of carbonyl (C=O) groups is 1. The van der Waals surface area contributed by atoms with E-state index in [4.69, 9.17) is 14.2 Å². The molecule has 10 heteroatoms. The number of aromatic carboxylic acids is 1. The fourth-order valence-electron chi connectivity index (χ4n) is 4.00. The van der Waals surface area contributed by atoms with Crippen molar-refractivity contribution < 1.29 is 29.0 Å². The Bertz CT molecular complexity index is 1110. The van der Waals surface area contributed by atoms with E-state index in [0.717, 1.165) is 5.56 Å². The van der Waals surface area contributed by atoms with Crippen LogP contribution in [0.5, 0.6) is 11.5 Å². The molecule has 1 aromatic heterocycles. The maximum Gasteiger partial charge on any atom is 0.341 e. The van der Waals surface area contributed by atoms with Gasteiger partial charge in [0.15, 0.2) is 11.5 Å². The minimum Gasteiger partial charge on any atom is -0.493 e. The SMILES string of the molecule is COCCCOc1cc2c(cc1OC)-c1c([N+](=O)[O-])c(=O)c(C(=O)O)cn1C(C(C)C)C2. The van der Waals surface area contributed by atoms with Crippen LogP contribution in [0, 0.1) is 16.0 Å². The molecule has 2 aromatic rings. The minimum absolute atomic E-state index is 0.0128. The number of benzene rings is 1. The Morgan fingerprint density at radius 3 is 2.56 bits per heavy atom. The van der Waals surface area contributed by atoms with Crippen LogP contribution in [-0.2, 0) is 11.2 Å². The lowest BCUT2D eigenvalue weighted by molar-refractivity contribution is -0.385. The number of methoxy groups -OCH3 is 2. The predicted octanol–water partition coefficient (Wildman–Crippen LogP) is 3.30. The van der Waals surface area contributed by atoms with Crippen molar-refractivity contribution in [3.8, 4) is 22.8 Å². The third kappa shape index (κ3) is 4.18. The first-order chi connectivity index (χ1) is 15.2. The van der Waals surface area contributed by atoms with E-state index in [-0.39, 0.29) is 17.7 Å². The van der Waals surface area contributed by atoms with Gasteiger partial charge in [-0.25, -0.2) is 4.79 Å². The van der Waals surface area contributed by atoms with Gasteiger partial charge < -0.3 is 23.9 Å². The molecule has 0 fully saturated rings. The maximum absolute atomic E-state index is 12.7. The summed E-state index contributed by atoms with van der Waals surface area (Å²) in [6.45, 7) is 4.82. The quantitative estimate of drug-likeness (QED) is 0.353. The lowest BCUT2D eigenvalue weighted by Gasteiger charge is -2.33. The molecule has 1 aliphatic rings. The summed E-state index contributed by atoms with van der Waals surface area (Å²) in [7, 11) is 3.06. The Balaban J connectivity index is 2.27. The first-order valence-corrected chi connectivity index (χ1v) is 10.2. The van der Waals surface area contributed by atoms with Gasteiger partial charge in [0.05, 0.1) is 18.6 Å². The number of nitro groups is 1. The van der Waals surface area contributed by atoms with Gasteiger partial charge in [0.2, 0.25) is 0 Å². The van der Waals surface area contributed by atoms with Crippen molar-refractivity contribution in [3.05, 3.63) is 49.8 Å². The van der Waals surface area contributed by atoms with E-state index >= 15 is 0 Å². The van der Waals surface area contributed by atoms with Gasteiger partial charge in [0.25, 0.3) is 5.43 Å². The molecular weight excluding hydrogens is 420 g/mol. The summed E-state index contributed by atoms with van der Waals surface area (Å²) in [5.74, 6) is -0.636. The molecule has 1 aromatic carbocycles. The summed E-state index contributed by atoms with van der Waals surface area (Å²) in [5, 5.41) is 21.4. The Hall–Kier alpha value is -3.40. The highest BCUT2D eigenvalue weighted by molar-refractivity contribution is 5.90. The van der Waals surface area contributed by atoms with Gasteiger partial charge in [-0.15, -0.1) is 0 Å². The van der Waals surface area contributed by atoms with Crippen molar-refractivity contribution in [2.45, 2.75) is 32.7 Å². The lowest BCUT2D eigenvalue weighted by Crippen LogP contribution is -2.30. The number of hydrogen-bond acceptors (Lipinski definition) is 7. The number of pyridine rings is 1. The summed E-state index contributed by atoms with van der Waals surface area (Å²) in [6.07, 6.45) is 2.37. The van der Waals surface area contributed by atoms with Gasteiger partial charge in [-0.3, -0.25) is 14.9 Å². The molecule has 0 amide bonds. The van der Waals surface area contributed by atoms with Crippen molar-refractivity contribution in [1.29, 1.82) is 0 Å².